The van der Waals surface area contributed by atoms with Crippen LogP contribution < -0.4 is 0 Å². The van der Waals surface area contributed by atoms with Gasteiger partial charge in [-0.05, 0) is 23.5 Å². The summed E-state index contributed by atoms with van der Waals surface area (Å²) in [5.74, 6) is -0.916. The minimum absolute atomic E-state index is 0.160. The maximum absolute atomic E-state index is 12.4. The molecular weight excluding hydrogens is 276 g/mol. The van der Waals surface area contributed by atoms with E-state index in [4.69, 9.17) is 4.74 Å². The molecule has 1 heterocycles. The highest BCUT2D eigenvalue weighted by Crippen LogP contribution is 2.28. The third-order valence-corrected chi connectivity index (χ3v) is 5.48. The summed E-state index contributed by atoms with van der Waals surface area (Å²) in [5.41, 5.74) is 2.25. The minimum Gasteiger partial charge on any atom is -0.480 e. The summed E-state index contributed by atoms with van der Waals surface area (Å²) in [6, 6.07) is 7.93. The molecule has 0 fully saturated rings. The first kappa shape index (κ1) is 15.2. The van der Waals surface area contributed by atoms with E-state index >= 15 is 0 Å². The zero-order chi connectivity index (χ0) is 14.7. The molecule has 1 aliphatic heterocycles. The normalized spacial score (nSPS) is 21.2. The second-order valence-electron chi connectivity index (χ2n) is 5.36. The van der Waals surface area contributed by atoms with Crippen LogP contribution in [0.15, 0.2) is 24.3 Å². The van der Waals surface area contributed by atoms with Crippen LogP contribution in [0.4, 0.5) is 0 Å². The van der Waals surface area contributed by atoms with Gasteiger partial charge < -0.3 is 9.84 Å². The lowest BCUT2D eigenvalue weighted by Crippen LogP contribution is -2.34. The second-order valence-corrected chi connectivity index (χ2v) is 6.96. The standard InChI is InChI=1S/C15H20O4S/c1-10(2)14(15(16)17)20(18)9-13-12-6-4-3-5-11(12)7-8-19-13/h3-6,10,13-14H,7-9H2,1-2H3,(H,16,17). The average molecular weight is 296 g/mol. The topological polar surface area (TPSA) is 63.6 Å². The molecule has 2 rings (SSSR count). The summed E-state index contributed by atoms with van der Waals surface area (Å²) in [7, 11) is -1.45. The van der Waals surface area contributed by atoms with Crippen LogP contribution >= 0.6 is 0 Å². The van der Waals surface area contributed by atoms with Crippen molar-refractivity contribution in [3.63, 3.8) is 0 Å². The first-order valence-corrected chi connectivity index (χ1v) is 8.18. The molecule has 1 aromatic rings. The van der Waals surface area contributed by atoms with E-state index in [-0.39, 0.29) is 17.8 Å². The molecule has 0 bridgehead atoms. The van der Waals surface area contributed by atoms with Crippen molar-refractivity contribution >= 4 is 16.8 Å². The Labute approximate surface area is 121 Å². The fourth-order valence-corrected chi connectivity index (χ4v) is 4.18. The van der Waals surface area contributed by atoms with Crippen molar-refractivity contribution in [1.82, 2.24) is 0 Å². The Hall–Kier alpha value is -1.20. The van der Waals surface area contributed by atoms with Crippen LogP contribution in [0.25, 0.3) is 0 Å². The Morgan fingerprint density at radius 3 is 2.80 bits per heavy atom. The molecule has 0 radical (unpaired) electrons. The number of carbonyl (C=O) groups is 1. The first-order valence-electron chi connectivity index (χ1n) is 6.80. The number of ether oxygens (including phenoxy) is 1. The molecule has 5 heteroatoms. The maximum Gasteiger partial charge on any atom is 0.319 e. The molecule has 0 saturated carbocycles. The van der Waals surface area contributed by atoms with Gasteiger partial charge in [0.15, 0.2) is 0 Å². The molecule has 1 aromatic carbocycles. The van der Waals surface area contributed by atoms with Gasteiger partial charge in [-0.2, -0.15) is 0 Å². The Balaban J connectivity index is 2.15. The number of aliphatic carboxylic acids is 1. The fourth-order valence-electron chi connectivity index (χ4n) is 2.57. The predicted octanol–water partition coefficient (Wildman–Crippen LogP) is 2.16. The van der Waals surface area contributed by atoms with Crippen LogP contribution in [-0.2, 0) is 26.8 Å². The number of fused-ring (bicyclic) bond motifs is 1. The van der Waals surface area contributed by atoms with Crippen molar-refractivity contribution in [2.45, 2.75) is 31.6 Å². The van der Waals surface area contributed by atoms with E-state index in [1.807, 2.05) is 24.3 Å². The van der Waals surface area contributed by atoms with Gasteiger partial charge in [-0.15, -0.1) is 0 Å². The lowest BCUT2D eigenvalue weighted by molar-refractivity contribution is -0.137. The van der Waals surface area contributed by atoms with Crippen molar-refractivity contribution in [2.75, 3.05) is 12.4 Å². The van der Waals surface area contributed by atoms with Crippen molar-refractivity contribution in [1.29, 1.82) is 0 Å². The van der Waals surface area contributed by atoms with Gasteiger partial charge >= 0.3 is 5.97 Å². The van der Waals surface area contributed by atoms with E-state index in [1.54, 1.807) is 13.8 Å². The van der Waals surface area contributed by atoms with Gasteiger partial charge in [-0.25, -0.2) is 0 Å². The van der Waals surface area contributed by atoms with Crippen molar-refractivity contribution in [3.05, 3.63) is 35.4 Å². The smallest absolute Gasteiger partial charge is 0.319 e. The molecule has 1 N–H and O–H groups in total. The summed E-state index contributed by atoms with van der Waals surface area (Å²) < 4.78 is 18.1. The summed E-state index contributed by atoms with van der Waals surface area (Å²) >= 11 is 0. The molecule has 0 spiro atoms. The molecule has 20 heavy (non-hydrogen) atoms. The molecule has 0 amide bonds. The van der Waals surface area contributed by atoms with Gasteiger partial charge in [0.2, 0.25) is 0 Å². The lowest BCUT2D eigenvalue weighted by atomic mass is 9.99. The van der Waals surface area contributed by atoms with E-state index in [9.17, 15) is 14.1 Å². The Morgan fingerprint density at radius 1 is 1.45 bits per heavy atom. The maximum atomic E-state index is 12.4. The SMILES string of the molecule is CC(C)C(C(=O)O)S(=O)CC1OCCc2ccccc21. The minimum atomic E-state index is -1.45. The van der Waals surface area contributed by atoms with E-state index in [2.05, 4.69) is 0 Å². The molecular formula is C15H20O4S. The van der Waals surface area contributed by atoms with Crippen LogP contribution in [0.3, 0.4) is 0 Å². The fraction of sp³-hybridized carbons (Fsp3) is 0.533. The molecule has 3 unspecified atom stereocenters. The summed E-state index contributed by atoms with van der Waals surface area (Å²) in [5, 5.41) is 8.36. The second kappa shape index (κ2) is 6.50. The van der Waals surface area contributed by atoms with Crippen LogP contribution in [0.2, 0.25) is 0 Å². The number of benzene rings is 1. The summed E-state index contributed by atoms with van der Waals surface area (Å²) in [6.45, 7) is 4.16. The summed E-state index contributed by atoms with van der Waals surface area (Å²) in [4.78, 5) is 11.2. The quantitative estimate of drug-likeness (QED) is 0.904. The summed E-state index contributed by atoms with van der Waals surface area (Å²) in [6.07, 6.45) is 0.590. The average Bonchev–Trinajstić information content (AvgIpc) is 2.38. The van der Waals surface area contributed by atoms with Crippen LogP contribution in [0.1, 0.15) is 31.1 Å². The Kier molecular flexibility index (Phi) is 4.94. The van der Waals surface area contributed by atoms with Crippen LogP contribution in [-0.4, -0.2) is 32.9 Å². The van der Waals surface area contributed by atoms with E-state index in [0.717, 1.165) is 12.0 Å². The van der Waals surface area contributed by atoms with Gasteiger partial charge in [-0.1, -0.05) is 38.1 Å². The molecule has 0 saturated heterocycles. The number of hydrogen-bond donors (Lipinski definition) is 1. The largest absolute Gasteiger partial charge is 0.480 e. The van der Waals surface area contributed by atoms with Crippen molar-refractivity contribution < 1.29 is 18.8 Å². The molecule has 1 aliphatic rings. The van der Waals surface area contributed by atoms with Gasteiger partial charge in [0.1, 0.15) is 5.25 Å². The third-order valence-electron chi connectivity index (χ3n) is 3.54. The number of carboxylic acids is 1. The predicted molar refractivity (Wildman–Crippen MR) is 78.1 cm³/mol. The molecule has 110 valence electrons. The molecule has 0 aliphatic carbocycles. The zero-order valence-electron chi connectivity index (χ0n) is 11.7. The van der Waals surface area contributed by atoms with Gasteiger partial charge in [0.05, 0.1) is 18.5 Å². The Bertz CT molecular complexity index is 512. The monoisotopic (exact) mass is 296 g/mol. The zero-order valence-corrected chi connectivity index (χ0v) is 12.6. The van der Waals surface area contributed by atoms with Gasteiger partial charge in [-0.3, -0.25) is 9.00 Å². The van der Waals surface area contributed by atoms with Crippen LogP contribution in [0, 0.1) is 5.92 Å². The van der Waals surface area contributed by atoms with E-state index < -0.39 is 22.0 Å². The van der Waals surface area contributed by atoms with Crippen molar-refractivity contribution in [3.8, 4) is 0 Å². The first-order chi connectivity index (χ1) is 9.50. The molecule has 0 aromatic heterocycles. The van der Waals surface area contributed by atoms with E-state index in [1.165, 1.54) is 5.56 Å². The number of rotatable bonds is 5. The van der Waals surface area contributed by atoms with E-state index in [0.29, 0.717) is 6.61 Å². The third kappa shape index (κ3) is 3.27. The molecule has 4 nitrogen and oxygen atoms in total. The highest BCUT2D eigenvalue weighted by atomic mass is 32.2. The van der Waals surface area contributed by atoms with Crippen molar-refractivity contribution in [2.24, 2.45) is 5.92 Å². The van der Waals surface area contributed by atoms with Gasteiger partial charge in [0.25, 0.3) is 0 Å². The van der Waals surface area contributed by atoms with Crippen LogP contribution in [0.5, 0.6) is 0 Å². The molecule has 3 atom stereocenters. The Morgan fingerprint density at radius 2 is 2.15 bits per heavy atom. The number of hydrogen-bond acceptors (Lipinski definition) is 3. The number of carboxylic acid groups (broad SMARTS) is 1. The highest BCUT2D eigenvalue weighted by Gasteiger charge is 2.31. The highest BCUT2D eigenvalue weighted by molar-refractivity contribution is 7.86. The lowest BCUT2D eigenvalue weighted by Gasteiger charge is -2.27. The van der Waals surface area contributed by atoms with Gasteiger partial charge in [0, 0.05) is 10.8 Å².